The van der Waals surface area contributed by atoms with Crippen LogP contribution in [-0.2, 0) is 0 Å². The fourth-order valence-corrected chi connectivity index (χ4v) is 2.48. The number of benzene rings is 2. The molecule has 0 saturated carbocycles. The fourth-order valence-electron chi connectivity index (χ4n) is 2.27. The average molecular weight is 317 g/mol. The van der Waals surface area contributed by atoms with E-state index in [2.05, 4.69) is 15.1 Å². The fraction of sp³-hybridized carbons (Fsp3) is 0. The number of fused-ring (bicyclic) bond motifs is 3. The van der Waals surface area contributed by atoms with E-state index in [4.69, 9.17) is 11.6 Å². The molecule has 7 heteroatoms. The summed E-state index contributed by atoms with van der Waals surface area (Å²) in [5.74, 6) is -0.384. The second-order valence-electron chi connectivity index (χ2n) is 4.72. The standard InChI is InChI=1S/C15H7ClF2N4/c16-15-19-12-6-5-10(18)7-11(12)14-20-13(21-22(14)15)8-1-3-9(17)4-2-8/h1-7H. The molecule has 4 nitrogen and oxygen atoms in total. The lowest BCUT2D eigenvalue weighted by Crippen LogP contribution is -1.95. The van der Waals surface area contributed by atoms with Crippen LogP contribution >= 0.6 is 11.6 Å². The topological polar surface area (TPSA) is 43.1 Å². The molecule has 0 fully saturated rings. The van der Waals surface area contributed by atoms with E-state index in [1.807, 2.05) is 0 Å². The molecule has 0 amide bonds. The summed E-state index contributed by atoms with van der Waals surface area (Å²) >= 11 is 6.10. The van der Waals surface area contributed by atoms with Crippen molar-refractivity contribution >= 4 is 28.2 Å². The van der Waals surface area contributed by atoms with Crippen LogP contribution in [0.4, 0.5) is 8.78 Å². The first kappa shape index (κ1) is 13.1. The van der Waals surface area contributed by atoms with Gasteiger partial charge in [0.15, 0.2) is 11.5 Å². The van der Waals surface area contributed by atoms with Gasteiger partial charge >= 0.3 is 0 Å². The predicted molar refractivity (Wildman–Crippen MR) is 78.6 cm³/mol. The van der Waals surface area contributed by atoms with Gasteiger partial charge in [-0.25, -0.2) is 18.7 Å². The van der Waals surface area contributed by atoms with Gasteiger partial charge in [0.05, 0.1) is 5.52 Å². The lowest BCUT2D eigenvalue weighted by atomic mass is 10.2. The summed E-state index contributed by atoms with van der Waals surface area (Å²) in [6.07, 6.45) is 0. The first-order valence-corrected chi connectivity index (χ1v) is 6.77. The molecule has 2 aromatic heterocycles. The third-order valence-corrected chi connectivity index (χ3v) is 3.54. The molecule has 0 bridgehead atoms. The Labute approximate surface area is 128 Å². The zero-order valence-electron chi connectivity index (χ0n) is 11.0. The van der Waals surface area contributed by atoms with E-state index < -0.39 is 5.82 Å². The highest BCUT2D eigenvalue weighted by Gasteiger charge is 2.14. The molecule has 0 radical (unpaired) electrons. The first-order valence-electron chi connectivity index (χ1n) is 6.39. The highest BCUT2D eigenvalue weighted by molar-refractivity contribution is 6.29. The summed E-state index contributed by atoms with van der Waals surface area (Å²) in [4.78, 5) is 8.55. The quantitative estimate of drug-likeness (QED) is 0.501. The number of nitrogens with zero attached hydrogens (tertiary/aromatic N) is 4. The minimum Gasteiger partial charge on any atom is -0.218 e. The molecule has 2 heterocycles. The molecule has 2 aromatic carbocycles. The summed E-state index contributed by atoms with van der Waals surface area (Å²) in [6.45, 7) is 0. The number of halogens is 3. The largest absolute Gasteiger partial charge is 0.226 e. The van der Waals surface area contributed by atoms with E-state index >= 15 is 0 Å². The van der Waals surface area contributed by atoms with Gasteiger partial charge in [-0.05, 0) is 54.1 Å². The van der Waals surface area contributed by atoms with Crippen LogP contribution < -0.4 is 0 Å². The third kappa shape index (κ3) is 2.00. The molecular formula is C15H7ClF2N4. The van der Waals surface area contributed by atoms with Crippen molar-refractivity contribution in [2.75, 3.05) is 0 Å². The zero-order chi connectivity index (χ0) is 15.3. The maximum atomic E-state index is 13.5. The van der Waals surface area contributed by atoms with Crippen LogP contribution in [0.5, 0.6) is 0 Å². The van der Waals surface area contributed by atoms with Crippen LogP contribution in [0, 0.1) is 11.6 Å². The van der Waals surface area contributed by atoms with E-state index in [0.29, 0.717) is 27.9 Å². The van der Waals surface area contributed by atoms with Gasteiger partial charge in [0.25, 0.3) is 0 Å². The second kappa shape index (κ2) is 4.71. The van der Waals surface area contributed by atoms with Gasteiger partial charge in [0.2, 0.25) is 5.28 Å². The van der Waals surface area contributed by atoms with Crippen LogP contribution in [0.15, 0.2) is 42.5 Å². The maximum Gasteiger partial charge on any atom is 0.226 e. The number of aromatic nitrogens is 4. The van der Waals surface area contributed by atoms with Gasteiger partial charge in [-0.2, -0.15) is 4.52 Å². The van der Waals surface area contributed by atoms with Gasteiger partial charge in [-0.15, -0.1) is 5.10 Å². The summed E-state index contributed by atoms with van der Waals surface area (Å²) in [7, 11) is 0. The normalized spacial score (nSPS) is 11.4. The Balaban J connectivity index is 2.03. The van der Waals surface area contributed by atoms with E-state index in [1.165, 1.54) is 34.8 Å². The van der Waals surface area contributed by atoms with E-state index in [0.717, 1.165) is 0 Å². The lowest BCUT2D eigenvalue weighted by Gasteiger charge is -2.00. The van der Waals surface area contributed by atoms with Crippen LogP contribution in [0.1, 0.15) is 0 Å². The molecule has 4 aromatic rings. The van der Waals surface area contributed by atoms with Crippen molar-refractivity contribution in [2.24, 2.45) is 0 Å². The molecule has 0 aliphatic carbocycles. The Bertz CT molecular complexity index is 1010. The van der Waals surface area contributed by atoms with Gasteiger partial charge in [0.1, 0.15) is 11.6 Å². The molecule has 0 N–H and O–H groups in total. The van der Waals surface area contributed by atoms with Crippen molar-refractivity contribution in [3.8, 4) is 11.4 Å². The molecule has 108 valence electrons. The Morgan fingerprint density at radius 3 is 2.41 bits per heavy atom. The molecule has 4 rings (SSSR count). The second-order valence-corrected chi connectivity index (χ2v) is 5.06. The van der Waals surface area contributed by atoms with E-state index in [-0.39, 0.29) is 11.1 Å². The highest BCUT2D eigenvalue weighted by Crippen LogP contribution is 2.24. The van der Waals surface area contributed by atoms with Gasteiger partial charge in [0, 0.05) is 10.9 Å². The van der Waals surface area contributed by atoms with Crippen molar-refractivity contribution in [3.05, 3.63) is 59.4 Å². The minimum atomic E-state index is -0.398. The predicted octanol–water partition coefficient (Wildman–Crippen LogP) is 3.88. The minimum absolute atomic E-state index is 0.120. The number of hydrogen-bond donors (Lipinski definition) is 0. The van der Waals surface area contributed by atoms with E-state index in [9.17, 15) is 8.78 Å². The summed E-state index contributed by atoms with van der Waals surface area (Å²) in [5.41, 5.74) is 1.55. The molecular weight excluding hydrogens is 310 g/mol. The van der Waals surface area contributed by atoms with Crippen molar-refractivity contribution in [3.63, 3.8) is 0 Å². The molecule has 0 saturated heterocycles. The third-order valence-electron chi connectivity index (χ3n) is 3.30. The number of rotatable bonds is 1. The molecule has 0 aliphatic heterocycles. The average Bonchev–Trinajstić information content (AvgIpc) is 2.95. The molecule has 0 aliphatic rings. The zero-order valence-corrected chi connectivity index (χ0v) is 11.7. The molecule has 0 atom stereocenters. The smallest absolute Gasteiger partial charge is 0.218 e. The first-order chi connectivity index (χ1) is 10.6. The van der Waals surface area contributed by atoms with Crippen LogP contribution in [-0.4, -0.2) is 19.6 Å². The summed E-state index contributed by atoms with van der Waals surface area (Å²) in [6, 6.07) is 9.93. The Kier molecular flexibility index (Phi) is 2.80. The van der Waals surface area contributed by atoms with Crippen LogP contribution in [0.2, 0.25) is 5.28 Å². The Morgan fingerprint density at radius 2 is 1.64 bits per heavy atom. The van der Waals surface area contributed by atoms with Gasteiger partial charge in [-0.3, -0.25) is 0 Å². The SMILES string of the molecule is Fc1ccc(-c2nc3c4cc(F)ccc4nc(Cl)n3n2)cc1. The Hall–Kier alpha value is -2.60. The highest BCUT2D eigenvalue weighted by atomic mass is 35.5. The van der Waals surface area contributed by atoms with Gasteiger partial charge in [-0.1, -0.05) is 0 Å². The lowest BCUT2D eigenvalue weighted by molar-refractivity contribution is 0.628. The Morgan fingerprint density at radius 1 is 0.909 bits per heavy atom. The monoisotopic (exact) mass is 316 g/mol. The van der Waals surface area contributed by atoms with Crippen molar-refractivity contribution < 1.29 is 8.78 Å². The van der Waals surface area contributed by atoms with Crippen LogP contribution in [0.25, 0.3) is 27.9 Å². The maximum absolute atomic E-state index is 13.5. The number of hydrogen-bond acceptors (Lipinski definition) is 3. The molecule has 0 spiro atoms. The molecule has 0 unspecified atom stereocenters. The summed E-state index contributed by atoms with van der Waals surface area (Å²) in [5, 5.41) is 4.88. The van der Waals surface area contributed by atoms with Crippen molar-refractivity contribution in [2.45, 2.75) is 0 Å². The van der Waals surface area contributed by atoms with E-state index in [1.54, 1.807) is 12.1 Å². The molecule has 22 heavy (non-hydrogen) atoms. The van der Waals surface area contributed by atoms with Crippen molar-refractivity contribution in [1.82, 2.24) is 19.6 Å². The van der Waals surface area contributed by atoms with Crippen molar-refractivity contribution in [1.29, 1.82) is 0 Å². The van der Waals surface area contributed by atoms with Gasteiger partial charge < -0.3 is 0 Å². The summed E-state index contributed by atoms with van der Waals surface area (Å²) < 4.78 is 27.8. The van der Waals surface area contributed by atoms with Crippen LogP contribution in [0.3, 0.4) is 0 Å².